The van der Waals surface area contributed by atoms with Crippen LogP contribution in [0, 0.1) is 12.8 Å². The summed E-state index contributed by atoms with van der Waals surface area (Å²) in [5.74, 6) is -1.49. The van der Waals surface area contributed by atoms with Crippen molar-refractivity contribution >= 4 is 17.6 Å². The Hall–Kier alpha value is -1.88. The normalized spacial score (nSPS) is 12.2. The van der Waals surface area contributed by atoms with Gasteiger partial charge in [0.25, 0.3) is 0 Å². The average Bonchev–Trinajstić information content (AvgIpc) is 2.31. The number of benzene rings is 1. The smallest absolute Gasteiger partial charge is 0.307 e. The van der Waals surface area contributed by atoms with Crippen LogP contribution in [0.25, 0.3) is 0 Å². The molecule has 0 saturated carbocycles. The molecule has 1 unspecified atom stereocenters. The molecule has 0 spiro atoms. The van der Waals surface area contributed by atoms with Gasteiger partial charge in [-0.2, -0.15) is 0 Å². The maximum Gasteiger partial charge on any atom is 0.307 e. The van der Waals surface area contributed by atoms with Crippen molar-refractivity contribution < 1.29 is 14.7 Å². The minimum atomic E-state index is -0.855. The van der Waals surface area contributed by atoms with Crippen LogP contribution >= 0.6 is 0 Å². The fourth-order valence-electron chi connectivity index (χ4n) is 1.76. The number of para-hydroxylation sites is 1. The molecule has 1 aromatic carbocycles. The lowest BCUT2D eigenvalue weighted by molar-refractivity contribution is -0.141. The number of carboxylic acid groups (broad SMARTS) is 1. The topological polar surface area (TPSA) is 69.6 Å². The zero-order valence-electron chi connectivity index (χ0n) is 11.5. The minimum absolute atomic E-state index is 0.144. The number of aryl methyl sites for hydroxylation is 1. The van der Waals surface area contributed by atoms with Gasteiger partial charge in [0, 0.05) is 12.2 Å². The lowest BCUT2D eigenvalue weighted by Crippen LogP contribution is -2.35. The average molecular weight is 264 g/mol. The van der Waals surface area contributed by atoms with Crippen LogP contribution in [0.15, 0.2) is 24.3 Å². The first kappa shape index (κ1) is 15.2. The summed E-state index contributed by atoms with van der Waals surface area (Å²) in [6.45, 7) is 4.06. The van der Waals surface area contributed by atoms with Crippen molar-refractivity contribution in [2.45, 2.75) is 13.8 Å². The van der Waals surface area contributed by atoms with Gasteiger partial charge in [0.2, 0.25) is 5.91 Å². The summed E-state index contributed by atoms with van der Waals surface area (Å²) in [6.07, 6.45) is 0. The van der Waals surface area contributed by atoms with Crippen molar-refractivity contribution in [2.75, 3.05) is 25.5 Å². The van der Waals surface area contributed by atoms with Crippen LogP contribution in [0.1, 0.15) is 12.5 Å². The van der Waals surface area contributed by atoms with Crippen LogP contribution in [0.2, 0.25) is 0 Å². The van der Waals surface area contributed by atoms with Crippen LogP contribution in [-0.2, 0) is 9.59 Å². The monoisotopic (exact) mass is 264 g/mol. The third kappa shape index (κ3) is 5.09. The van der Waals surface area contributed by atoms with E-state index in [-0.39, 0.29) is 12.5 Å². The molecule has 0 aliphatic carbocycles. The molecule has 0 radical (unpaired) electrons. The summed E-state index contributed by atoms with van der Waals surface area (Å²) in [4.78, 5) is 24.3. The third-order valence-electron chi connectivity index (χ3n) is 2.84. The number of aliphatic carboxylic acids is 1. The lowest BCUT2D eigenvalue weighted by atomic mass is 10.2. The number of rotatable bonds is 6. The zero-order chi connectivity index (χ0) is 14.4. The Morgan fingerprint density at radius 3 is 2.58 bits per heavy atom. The summed E-state index contributed by atoms with van der Waals surface area (Å²) in [6, 6.07) is 7.53. The first-order chi connectivity index (χ1) is 8.90. The number of carboxylic acids is 1. The van der Waals surface area contributed by atoms with E-state index in [4.69, 9.17) is 5.11 Å². The van der Waals surface area contributed by atoms with E-state index >= 15 is 0 Å². The van der Waals surface area contributed by atoms with Crippen LogP contribution in [0.5, 0.6) is 0 Å². The quantitative estimate of drug-likeness (QED) is 0.818. The summed E-state index contributed by atoms with van der Waals surface area (Å²) >= 11 is 0. The molecule has 0 aliphatic rings. The number of hydrogen-bond acceptors (Lipinski definition) is 3. The number of likely N-dealkylation sites (N-methyl/N-ethyl adjacent to an activating group) is 1. The molecule has 0 bridgehead atoms. The second-order valence-corrected chi connectivity index (χ2v) is 4.80. The predicted molar refractivity (Wildman–Crippen MR) is 74.1 cm³/mol. The molecule has 104 valence electrons. The second-order valence-electron chi connectivity index (χ2n) is 4.80. The Morgan fingerprint density at radius 1 is 1.37 bits per heavy atom. The number of carbonyl (C=O) groups is 2. The van der Waals surface area contributed by atoms with E-state index in [0.29, 0.717) is 6.54 Å². The largest absolute Gasteiger partial charge is 0.481 e. The first-order valence-electron chi connectivity index (χ1n) is 6.17. The van der Waals surface area contributed by atoms with Gasteiger partial charge >= 0.3 is 5.97 Å². The van der Waals surface area contributed by atoms with Crippen LogP contribution < -0.4 is 5.32 Å². The molecule has 5 nitrogen and oxygen atoms in total. The highest BCUT2D eigenvalue weighted by Crippen LogP contribution is 2.12. The molecule has 5 heteroatoms. The Bertz CT molecular complexity index is 460. The highest BCUT2D eigenvalue weighted by molar-refractivity contribution is 5.92. The zero-order valence-corrected chi connectivity index (χ0v) is 11.5. The van der Waals surface area contributed by atoms with Crippen molar-refractivity contribution in [1.82, 2.24) is 4.90 Å². The first-order valence-corrected chi connectivity index (χ1v) is 6.17. The molecule has 19 heavy (non-hydrogen) atoms. The van der Waals surface area contributed by atoms with Gasteiger partial charge in [-0.3, -0.25) is 14.5 Å². The van der Waals surface area contributed by atoms with Gasteiger partial charge in [-0.05, 0) is 25.6 Å². The number of nitrogens with one attached hydrogen (secondary N) is 1. The van der Waals surface area contributed by atoms with E-state index in [1.165, 1.54) is 0 Å². The van der Waals surface area contributed by atoms with Crippen molar-refractivity contribution in [3.05, 3.63) is 29.8 Å². The number of anilines is 1. The lowest BCUT2D eigenvalue weighted by Gasteiger charge is -2.18. The number of hydrogen-bond donors (Lipinski definition) is 2. The molecule has 0 fully saturated rings. The molecule has 1 amide bonds. The Balaban J connectivity index is 2.47. The maximum absolute atomic E-state index is 11.8. The van der Waals surface area contributed by atoms with Crippen LogP contribution in [-0.4, -0.2) is 42.0 Å². The molecule has 2 N–H and O–H groups in total. The maximum atomic E-state index is 11.8. The Kier molecular flexibility index (Phi) is 5.51. The third-order valence-corrected chi connectivity index (χ3v) is 2.84. The predicted octanol–water partition coefficient (Wildman–Crippen LogP) is 1.59. The van der Waals surface area contributed by atoms with Crippen molar-refractivity contribution in [3.8, 4) is 0 Å². The van der Waals surface area contributed by atoms with E-state index in [2.05, 4.69) is 5.32 Å². The van der Waals surface area contributed by atoms with Gasteiger partial charge in [-0.15, -0.1) is 0 Å². The van der Waals surface area contributed by atoms with Crippen molar-refractivity contribution in [1.29, 1.82) is 0 Å². The molecule has 1 atom stereocenters. The van der Waals surface area contributed by atoms with Gasteiger partial charge in [-0.1, -0.05) is 25.1 Å². The highest BCUT2D eigenvalue weighted by atomic mass is 16.4. The van der Waals surface area contributed by atoms with Gasteiger partial charge in [0.05, 0.1) is 12.5 Å². The van der Waals surface area contributed by atoms with E-state index < -0.39 is 11.9 Å². The summed E-state index contributed by atoms with van der Waals surface area (Å²) in [7, 11) is 1.73. The second kappa shape index (κ2) is 6.89. The van der Waals surface area contributed by atoms with E-state index in [1.54, 1.807) is 18.9 Å². The van der Waals surface area contributed by atoms with Crippen molar-refractivity contribution in [2.24, 2.45) is 5.92 Å². The van der Waals surface area contributed by atoms with Crippen LogP contribution in [0.3, 0.4) is 0 Å². The minimum Gasteiger partial charge on any atom is -0.481 e. The standard InChI is InChI=1S/C14H20N2O3/c1-10-6-4-5-7-12(10)15-13(17)9-16(3)8-11(2)14(18)19/h4-7,11H,8-9H2,1-3H3,(H,15,17)(H,18,19). The molecular weight excluding hydrogens is 244 g/mol. The molecule has 0 aliphatic heterocycles. The van der Waals surface area contributed by atoms with E-state index in [9.17, 15) is 9.59 Å². The van der Waals surface area contributed by atoms with E-state index in [1.807, 2.05) is 31.2 Å². The SMILES string of the molecule is Cc1ccccc1NC(=O)CN(C)CC(C)C(=O)O. The van der Waals surface area contributed by atoms with Gasteiger partial charge < -0.3 is 10.4 Å². The van der Waals surface area contributed by atoms with Gasteiger partial charge in [0.15, 0.2) is 0 Å². The summed E-state index contributed by atoms with van der Waals surface area (Å²) < 4.78 is 0. The number of amides is 1. The fourth-order valence-corrected chi connectivity index (χ4v) is 1.76. The van der Waals surface area contributed by atoms with Crippen LogP contribution in [0.4, 0.5) is 5.69 Å². The van der Waals surface area contributed by atoms with Crippen molar-refractivity contribution in [3.63, 3.8) is 0 Å². The van der Waals surface area contributed by atoms with E-state index in [0.717, 1.165) is 11.3 Å². The number of carbonyl (C=O) groups excluding carboxylic acids is 1. The number of nitrogens with zero attached hydrogens (tertiary/aromatic N) is 1. The van der Waals surface area contributed by atoms with Gasteiger partial charge in [-0.25, -0.2) is 0 Å². The molecule has 0 saturated heterocycles. The highest BCUT2D eigenvalue weighted by Gasteiger charge is 2.15. The molecule has 0 aromatic heterocycles. The fraction of sp³-hybridized carbons (Fsp3) is 0.429. The summed E-state index contributed by atoms with van der Waals surface area (Å²) in [5, 5.41) is 11.6. The molecular formula is C14H20N2O3. The molecule has 1 rings (SSSR count). The van der Waals surface area contributed by atoms with Gasteiger partial charge in [0.1, 0.15) is 0 Å². The summed E-state index contributed by atoms with van der Waals surface area (Å²) in [5.41, 5.74) is 1.78. The Morgan fingerprint density at radius 2 is 2.00 bits per heavy atom. The molecule has 0 heterocycles. The Labute approximate surface area is 113 Å². The molecule has 1 aromatic rings.